The Kier molecular flexibility index (Phi) is 16.0. The minimum absolute atomic E-state index is 0. The zero-order valence-electron chi connectivity index (χ0n) is 6.51. The first kappa shape index (κ1) is 16.8. The van der Waals surface area contributed by atoms with Gasteiger partial charge in [0.05, 0.1) is 5.95 Å². The van der Waals surface area contributed by atoms with Gasteiger partial charge in [-0.3, -0.25) is 0 Å². The second-order valence-electron chi connectivity index (χ2n) is 1.13. The zero-order valence-corrected chi connectivity index (χ0v) is 8.51. The molecule has 0 N–H and O–H groups in total. The molecule has 0 radical (unpaired) electrons. The standard InChI is InChI=1S/C5H8O3.Li.Na/c1-4(6)3-5(7)8-2;;/h3,6-7H,1H2,2H3;;/q;2*+1/p-2/b5-3+;;. The minimum atomic E-state index is -0.662. The van der Waals surface area contributed by atoms with Crippen molar-refractivity contribution in [3.8, 4) is 0 Å². The minimum Gasteiger partial charge on any atom is -0.873 e. The number of hydrogen-bond donors (Lipinski definition) is 0. The van der Waals surface area contributed by atoms with Crippen LogP contribution in [0.25, 0.3) is 0 Å². The maximum absolute atomic E-state index is 10.1. The third-order valence-corrected chi connectivity index (χ3v) is 0.480. The first-order valence-corrected chi connectivity index (χ1v) is 1.95. The summed E-state index contributed by atoms with van der Waals surface area (Å²) in [6, 6.07) is 0. The van der Waals surface area contributed by atoms with Gasteiger partial charge in [0.25, 0.3) is 0 Å². The molecule has 10 heavy (non-hydrogen) atoms. The van der Waals surface area contributed by atoms with Crippen molar-refractivity contribution in [3.63, 3.8) is 0 Å². The average molecular weight is 144 g/mol. The van der Waals surface area contributed by atoms with E-state index in [0.717, 1.165) is 6.08 Å². The molecule has 46 valence electrons. The van der Waals surface area contributed by atoms with Gasteiger partial charge in [-0.05, 0) is 13.2 Å². The van der Waals surface area contributed by atoms with E-state index in [1.165, 1.54) is 7.11 Å². The molecule has 0 aliphatic carbocycles. The van der Waals surface area contributed by atoms with E-state index in [1.807, 2.05) is 0 Å². The molecule has 0 saturated heterocycles. The van der Waals surface area contributed by atoms with Crippen LogP contribution < -0.4 is 58.6 Å². The average Bonchev–Trinajstić information content (AvgIpc) is 1.65. The molecule has 0 heterocycles. The Morgan fingerprint density at radius 2 is 1.90 bits per heavy atom. The number of rotatable bonds is 2. The van der Waals surface area contributed by atoms with Gasteiger partial charge in [-0.15, -0.1) is 12.3 Å². The Morgan fingerprint density at radius 1 is 1.50 bits per heavy atom. The fourth-order valence-corrected chi connectivity index (χ4v) is 0.190. The van der Waals surface area contributed by atoms with Crippen LogP contribution in [0.3, 0.4) is 0 Å². The van der Waals surface area contributed by atoms with Crippen molar-refractivity contribution >= 4 is 0 Å². The van der Waals surface area contributed by atoms with Crippen molar-refractivity contribution in [1.29, 1.82) is 0 Å². The van der Waals surface area contributed by atoms with Gasteiger partial charge < -0.3 is 14.9 Å². The molecule has 0 aliphatic rings. The molecule has 0 bridgehead atoms. The smallest absolute Gasteiger partial charge is 0.873 e. The number of methoxy groups -OCH3 is 1. The molecule has 0 aromatic rings. The molecule has 0 atom stereocenters. The monoisotopic (exact) mass is 144 g/mol. The number of hydrogen-bond acceptors (Lipinski definition) is 3. The van der Waals surface area contributed by atoms with Crippen LogP contribution in [0.2, 0.25) is 0 Å². The fourth-order valence-electron chi connectivity index (χ4n) is 0.190. The summed E-state index contributed by atoms with van der Waals surface area (Å²) in [6.45, 7) is 2.93. The number of allylic oxidation sites excluding steroid dienone is 1. The van der Waals surface area contributed by atoms with Crippen LogP contribution in [0.15, 0.2) is 24.4 Å². The molecule has 0 aromatic heterocycles. The Labute approximate surface area is 94.2 Å². The Balaban J connectivity index is -0.000000245. The molecule has 5 heteroatoms. The van der Waals surface area contributed by atoms with Gasteiger partial charge in [-0.25, -0.2) is 0 Å². The van der Waals surface area contributed by atoms with E-state index in [9.17, 15) is 10.2 Å². The van der Waals surface area contributed by atoms with Crippen LogP contribution in [0.4, 0.5) is 0 Å². The van der Waals surface area contributed by atoms with Gasteiger partial charge in [0.1, 0.15) is 0 Å². The van der Waals surface area contributed by atoms with Gasteiger partial charge in [-0.1, -0.05) is 0 Å². The molecule has 0 unspecified atom stereocenters. The second-order valence-corrected chi connectivity index (χ2v) is 1.13. The summed E-state index contributed by atoms with van der Waals surface area (Å²) >= 11 is 0. The van der Waals surface area contributed by atoms with Crippen LogP contribution in [0.5, 0.6) is 0 Å². The van der Waals surface area contributed by atoms with E-state index in [2.05, 4.69) is 11.3 Å². The van der Waals surface area contributed by atoms with E-state index in [4.69, 9.17) is 0 Å². The van der Waals surface area contributed by atoms with Crippen LogP contribution in [-0.2, 0) is 4.74 Å². The third-order valence-electron chi connectivity index (χ3n) is 0.480. The summed E-state index contributed by atoms with van der Waals surface area (Å²) in [6.07, 6.45) is 0.778. The van der Waals surface area contributed by atoms with E-state index < -0.39 is 11.7 Å². The van der Waals surface area contributed by atoms with Crippen LogP contribution in [0.1, 0.15) is 0 Å². The van der Waals surface area contributed by atoms with Crippen molar-refractivity contribution in [2.24, 2.45) is 0 Å². The maximum atomic E-state index is 10.1. The van der Waals surface area contributed by atoms with Gasteiger partial charge >= 0.3 is 48.4 Å². The van der Waals surface area contributed by atoms with Crippen molar-refractivity contribution in [2.75, 3.05) is 7.11 Å². The van der Waals surface area contributed by atoms with Crippen molar-refractivity contribution in [2.45, 2.75) is 0 Å². The summed E-state index contributed by atoms with van der Waals surface area (Å²) in [5.74, 6) is -1.21. The van der Waals surface area contributed by atoms with Crippen LogP contribution in [-0.4, -0.2) is 7.11 Å². The van der Waals surface area contributed by atoms with Crippen molar-refractivity contribution in [1.82, 2.24) is 0 Å². The maximum Gasteiger partial charge on any atom is 1.00 e. The molecular formula is C5H6LiNaO3. The SMILES string of the molecule is C=C([O-])/C=C(\[O-])OC.[Li+].[Na+]. The first-order chi connectivity index (χ1) is 3.66. The molecule has 3 nitrogen and oxygen atoms in total. The van der Waals surface area contributed by atoms with E-state index in [1.54, 1.807) is 0 Å². The van der Waals surface area contributed by atoms with Gasteiger partial charge in [0.2, 0.25) is 0 Å². The van der Waals surface area contributed by atoms with Gasteiger partial charge in [0, 0.05) is 0 Å². The Bertz CT molecular complexity index is 124. The number of ether oxygens (including phenoxy) is 1. The molecular weight excluding hydrogens is 138 g/mol. The quantitative estimate of drug-likeness (QED) is 0.220. The van der Waals surface area contributed by atoms with Gasteiger partial charge in [-0.2, -0.15) is 0 Å². The summed E-state index contributed by atoms with van der Waals surface area (Å²) in [4.78, 5) is 0. The first-order valence-electron chi connectivity index (χ1n) is 1.95. The van der Waals surface area contributed by atoms with Crippen molar-refractivity contribution in [3.05, 3.63) is 24.4 Å². The molecule has 0 rings (SSSR count). The summed E-state index contributed by atoms with van der Waals surface area (Å²) in [5.41, 5.74) is 0. The molecule has 0 aliphatic heterocycles. The summed E-state index contributed by atoms with van der Waals surface area (Å²) in [5, 5.41) is 20.0. The topological polar surface area (TPSA) is 55.3 Å². The van der Waals surface area contributed by atoms with E-state index in [0.29, 0.717) is 0 Å². The van der Waals surface area contributed by atoms with Crippen LogP contribution in [0, 0.1) is 0 Å². The van der Waals surface area contributed by atoms with Gasteiger partial charge in [0.15, 0.2) is 0 Å². The second kappa shape index (κ2) is 9.48. The fraction of sp³-hybridized carbons (Fsp3) is 0.200. The third kappa shape index (κ3) is 11.3. The van der Waals surface area contributed by atoms with Crippen molar-refractivity contribution < 1.29 is 63.4 Å². The van der Waals surface area contributed by atoms with E-state index in [-0.39, 0.29) is 48.4 Å². The predicted molar refractivity (Wildman–Crippen MR) is 24.2 cm³/mol. The molecule has 0 saturated carbocycles. The van der Waals surface area contributed by atoms with E-state index >= 15 is 0 Å². The summed E-state index contributed by atoms with van der Waals surface area (Å²) < 4.78 is 4.11. The molecule has 0 amide bonds. The van der Waals surface area contributed by atoms with Crippen LogP contribution >= 0.6 is 0 Å². The molecule has 0 aromatic carbocycles. The Morgan fingerprint density at radius 3 is 2.00 bits per heavy atom. The Hall–Kier alpha value is 0.477. The largest absolute Gasteiger partial charge is 1.00 e. The molecule has 0 spiro atoms. The summed E-state index contributed by atoms with van der Waals surface area (Å²) in [7, 11) is 1.20. The zero-order chi connectivity index (χ0) is 6.57. The molecule has 0 fully saturated rings. The normalized spacial score (nSPS) is 8.70. The predicted octanol–water partition coefficient (Wildman–Crippen LogP) is -7.28.